The van der Waals surface area contributed by atoms with Gasteiger partial charge in [0.1, 0.15) is 11.6 Å². The number of aliphatic hydroxyl groups is 1. The number of aliphatic hydroxyl groups excluding tert-OH is 1. The standard InChI is InChI=1S/C25H31F3N2O4/c1-6-8-17(26)11-15(2)12-19(29-22(33)18-9-7-10-20(31)16(18)3)21(32)23(34)30-13-24(4,5)25(27,28)14-30/h6-11,19,21,31-32H,2,12-14H2,1,3-5H3,(H,29,33)/b8-6-,17-11+. The number of hydrogen-bond donors (Lipinski definition) is 3. The van der Waals surface area contributed by atoms with Crippen LogP contribution >= 0.6 is 0 Å². The number of aromatic hydroxyl groups is 1. The second-order valence-corrected chi connectivity index (χ2v) is 9.15. The van der Waals surface area contributed by atoms with Gasteiger partial charge in [-0.3, -0.25) is 9.59 Å². The predicted molar refractivity (Wildman–Crippen MR) is 123 cm³/mol. The Morgan fingerprint density at radius 2 is 1.94 bits per heavy atom. The molecule has 1 saturated heterocycles. The first kappa shape index (κ1) is 27.2. The number of allylic oxidation sites excluding steroid dienone is 4. The summed E-state index contributed by atoms with van der Waals surface area (Å²) in [5.41, 5.74) is -0.951. The van der Waals surface area contributed by atoms with Crippen molar-refractivity contribution >= 4 is 11.8 Å². The average molecular weight is 481 g/mol. The summed E-state index contributed by atoms with van der Waals surface area (Å²) in [5.74, 6) is -5.58. The largest absolute Gasteiger partial charge is 0.508 e. The molecule has 2 unspecified atom stereocenters. The third-order valence-electron chi connectivity index (χ3n) is 5.93. The summed E-state index contributed by atoms with van der Waals surface area (Å²) in [6.45, 7) is 8.36. The maximum Gasteiger partial charge on any atom is 0.271 e. The van der Waals surface area contributed by atoms with Crippen molar-refractivity contribution in [1.29, 1.82) is 0 Å². The molecule has 3 N–H and O–H groups in total. The van der Waals surface area contributed by atoms with Gasteiger partial charge in [0.25, 0.3) is 17.7 Å². The Balaban J connectivity index is 2.31. The fourth-order valence-corrected chi connectivity index (χ4v) is 3.72. The second-order valence-electron chi connectivity index (χ2n) is 9.15. The van der Waals surface area contributed by atoms with Gasteiger partial charge in [-0.25, -0.2) is 13.2 Å². The molecule has 1 heterocycles. The number of carbonyl (C=O) groups is 2. The van der Waals surface area contributed by atoms with Crippen LogP contribution in [0.15, 0.2) is 54.4 Å². The summed E-state index contributed by atoms with van der Waals surface area (Å²) in [6, 6.07) is 3.01. The number of rotatable bonds is 8. The maximum absolute atomic E-state index is 14.3. The van der Waals surface area contributed by atoms with Crippen LogP contribution in [0.3, 0.4) is 0 Å². The highest BCUT2D eigenvalue weighted by Gasteiger charge is 2.56. The molecular weight excluding hydrogens is 449 g/mol. The van der Waals surface area contributed by atoms with E-state index in [-0.39, 0.29) is 35.4 Å². The highest BCUT2D eigenvalue weighted by molar-refractivity contribution is 5.97. The third kappa shape index (κ3) is 6.08. The Morgan fingerprint density at radius 3 is 2.50 bits per heavy atom. The van der Waals surface area contributed by atoms with Gasteiger partial charge in [0.05, 0.1) is 12.6 Å². The van der Waals surface area contributed by atoms with Crippen LogP contribution in [0.5, 0.6) is 5.75 Å². The lowest BCUT2D eigenvalue weighted by Crippen LogP contribution is -2.52. The van der Waals surface area contributed by atoms with Crippen molar-refractivity contribution in [3.05, 3.63) is 65.5 Å². The maximum atomic E-state index is 14.3. The first-order chi connectivity index (χ1) is 15.7. The second kappa shape index (κ2) is 10.5. The van der Waals surface area contributed by atoms with Crippen LogP contribution < -0.4 is 5.32 Å². The van der Waals surface area contributed by atoms with E-state index in [0.29, 0.717) is 0 Å². The molecule has 0 aromatic heterocycles. The number of amides is 2. The molecule has 2 atom stereocenters. The highest BCUT2D eigenvalue weighted by Crippen LogP contribution is 2.43. The minimum atomic E-state index is -3.15. The van der Waals surface area contributed by atoms with Crippen LogP contribution in [0, 0.1) is 12.3 Å². The van der Waals surface area contributed by atoms with E-state index in [9.17, 15) is 33.0 Å². The van der Waals surface area contributed by atoms with Crippen LogP contribution in [0.2, 0.25) is 0 Å². The van der Waals surface area contributed by atoms with Gasteiger partial charge in [0.2, 0.25) is 0 Å². The van der Waals surface area contributed by atoms with Crippen molar-refractivity contribution in [1.82, 2.24) is 10.2 Å². The summed E-state index contributed by atoms with van der Waals surface area (Å²) < 4.78 is 42.5. The Bertz CT molecular complexity index is 1000. The molecular formula is C25H31F3N2O4. The Labute approximate surface area is 197 Å². The molecule has 1 aromatic carbocycles. The molecule has 0 bridgehead atoms. The highest BCUT2D eigenvalue weighted by atomic mass is 19.3. The fourth-order valence-electron chi connectivity index (χ4n) is 3.72. The lowest BCUT2D eigenvalue weighted by atomic mass is 9.89. The van der Waals surface area contributed by atoms with Gasteiger partial charge in [-0.15, -0.1) is 0 Å². The Kier molecular flexibility index (Phi) is 8.36. The van der Waals surface area contributed by atoms with Crippen molar-refractivity contribution < 1.29 is 33.0 Å². The zero-order valence-electron chi connectivity index (χ0n) is 19.7. The minimum absolute atomic E-state index is 0.0970. The monoisotopic (exact) mass is 480 g/mol. The zero-order valence-corrected chi connectivity index (χ0v) is 19.7. The molecule has 186 valence electrons. The lowest BCUT2D eigenvalue weighted by Gasteiger charge is -2.28. The fraction of sp³-hybridized carbons (Fsp3) is 0.440. The molecule has 1 aliphatic rings. The van der Waals surface area contributed by atoms with Crippen LogP contribution in [-0.2, 0) is 4.79 Å². The molecule has 1 fully saturated rings. The summed E-state index contributed by atoms with van der Waals surface area (Å²) in [6.07, 6.45) is 1.63. The Hall–Kier alpha value is -3.07. The van der Waals surface area contributed by atoms with E-state index in [0.717, 1.165) is 11.0 Å². The number of benzene rings is 1. The quantitative estimate of drug-likeness (QED) is 0.490. The lowest BCUT2D eigenvalue weighted by molar-refractivity contribution is -0.141. The number of hydrogen-bond acceptors (Lipinski definition) is 4. The first-order valence-corrected chi connectivity index (χ1v) is 10.8. The number of phenolic OH excluding ortho intramolecular Hbond substituents is 1. The van der Waals surface area contributed by atoms with Gasteiger partial charge in [0, 0.05) is 23.1 Å². The number of halogens is 3. The number of likely N-dealkylation sites (tertiary alicyclic amines) is 1. The molecule has 34 heavy (non-hydrogen) atoms. The summed E-state index contributed by atoms with van der Waals surface area (Å²) >= 11 is 0. The average Bonchev–Trinajstić information content (AvgIpc) is 2.95. The van der Waals surface area contributed by atoms with E-state index in [2.05, 4.69) is 11.9 Å². The normalized spacial score (nSPS) is 19.2. The van der Waals surface area contributed by atoms with E-state index in [1.807, 2.05) is 0 Å². The van der Waals surface area contributed by atoms with Gasteiger partial charge < -0.3 is 20.4 Å². The summed E-state index contributed by atoms with van der Waals surface area (Å²) in [5, 5.41) is 23.2. The predicted octanol–water partition coefficient (Wildman–Crippen LogP) is 4.04. The van der Waals surface area contributed by atoms with Crippen molar-refractivity contribution in [3.8, 4) is 5.75 Å². The van der Waals surface area contributed by atoms with Crippen molar-refractivity contribution in [3.63, 3.8) is 0 Å². The van der Waals surface area contributed by atoms with Gasteiger partial charge in [-0.05, 0) is 44.6 Å². The van der Waals surface area contributed by atoms with E-state index in [1.165, 1.54) is 51.1 Å². The van der Waals surface area contributed by atoms with Gasteiger partial charge in [0.15, 0.2) is 6.10 Å². The molecule has 0 aliphatic carbocycles. The van der Waals surface area contributed by atoms with Crippen molar-refractivity contribution in [2.24, 2.45) is 5.41 Å². The van der Waals surface area contributed by atoms with E-state index in [4.69, 9.17) is 0 Å². The number of alkyl halides is 2. The van der Waals surface area contributed by atoms with E-state index in [1.54, 1.807) is 6.92 Å². The smallest absolute Gasteiger partial charge is 0.271 e. The Morgan fingerprint density at radius 1 is 1.29 bits per heavy atom. The summed E-state index contributed by atoms with van der Waals surface area (Å²) in [7, 11) is 0. The topological polar surface area (TPSA) is 89.9 Å². The van der Waals surface area contributed by atoms with Gasteiger partial charge in [-0.2, -0.15) is 0 Å². The number of nitrogens with one attached hydrogen (secondary N) is 1. The first-order valence-electron chi connectivity index (χ1n) is 10.8. The van der Waals surface area contributed by atoms with Crippen LogP contribution in [0.25, 0.3) is 0 Å². The van der Waals surface area contributed by atoms with Crippen LogP contribution in [0.4, 0.5) is 13.2 Å². The van der Waals surface area contributed by atoms with Crippen LogP contribution in [-0.4, -0.2) is 58.1 Å². The van der Waals surface area contributed by atoms with Gasteiger partial charge >= 0.3 is 0 Å². The number of nitrogens with zero attached hydrogens (tertiary/aromatic N) is 1. The number of phenols is 1. The SMILES string of the molecule is C=C(/C=C(F)\C=C/C)CC(NC(=O)c1cccc(O)c1C)C(O)C(=O)N1CC(C)(C)C(F)(F)C1. The molecule has 0 saturated carbocycles. The summed E-state index contributed by atoms with van der Waals surface area (Å²) in [4.78, 5) is 26.7. The molecule has 0 spiro atoms. The van der Waals surface area contributed by atoms with E-state index < -0.39 is 47.7 Å². The third-order valence-corrected chi connectivity index (χ3v) is 5.93. The van der Waals surface area contributed by atoms with Crippen molar-refractivity contribution in [2.45, 2.75) is 52.2 Å². The molecule has 2 amide bonds. The molecule has 2 rings (SSSR count). The minimum Gasteiger partial charge on any atom is -0.508 e. The molecule has 9 heteroatoms. The molecule has 1 aliphatic heterocycles. The molecule has 1 aromatic rings. The van der Waals surface area contributed by atoms with Gasteiger partial charge in [-0.1, -0.05) is 38.1 Å². The molecule has 0 radical (unpaired) electrons. The van der Waals surface area contributed by atoms with E-state index >= 15 is 0 Å². The van der Waals surface area contributed by atoms with Crippen LogP contribution in [0.1, 0.15) is 43.1 Å². The molecule has 6 nitrogen and oxygen atoms in total. The van der Waals surface area contributed by atoms with Crippen molar-refractivity contribution in [2.75, 3.05) is 13.1 Å². The number of carbonyl (C=O) groups excluding carboxylic acids is 2. The zero-order chi connectivity index (χ0) is 25.8.